The first-order valence-corrected chi connectivity index (χ1v) is 8.40. The second kappa shape index (κ2) is 9.17. The normalized spacial score (nSPS) is 10.4. The molecule has 0 atom stereocenters. The maximum Gasteiger partial charge on any atom is 0.339 e. The van der Waals surface area contributed by atoms with E-state index in [-0.39, 0.29) is 48.3 Å². The van der Waals surface area contributed by atoms with Gasteiger partial charge in [0.2, 0.25) is 0 Å². The van der Waals surface area contributed by atoms with Crippen LogP contribution in [0.1, 0.15) is 54.2 Å². The Labute approximate surface area is 165 Å². The molecule has 0 aliphatic rings. The van der Waals surface area contributed by atoms with Gasteiger partial charge in [0, 0.05) is 19.1 Å². The molecule has 0 bridgehead atoms. The van der Waals surface area contributed by atoms with Gasteiger partial charge in [0.15, 0.2) is 11.0 Å². The van der Waals surface area contributed by atoms with E-state index in [1.807, 2.05) is 6.92 Å². The Morgan fingerprint density at radius 2 is 1.52 bits per heavy atom. The van der Waals surface area contributed by atoms with Crippen molar-refractivity contribution < 1.29 is 47.6 Å². The summed E-state index contributed by atoms with van der Waals surface area (Å²) in [7, 11) is 0. The van der Waals surface area contributed by atoms with Crippen LogP contribution in [0.5, 0.6) is 0 Å². The molecule has 0 saturated heterocycles. The fraction of sp³-hybridized carbons (Fsp3) is 0.500. The Kier molecular flexibility index (Phi) is 7.85. The molecule has 0 aliphatic heterocycles. The lowest BCUT2D eigenvalue weighted by Gasteiger charge is -2.08. The molecule has 0 aliphatic carbocycles. The minimum Gasteiger partial charge on any atom is -1.00 e. The standard InChI is InChI=1S/C18H25N2O4.HI/c1-6-19-12(5)20(7-2)16-11-14(18(22)24-9-4)13(10-15(16)19)17(21)23-8-3;/h10-11H,6-9H2,1-5H3;1H/q+1;/p-1. The van der Waals surface area contributed by atoms with E-state index in [9.17, 15) is 9.59 Å². The largest absolute Gasteiger partial charge is 1.00 e. The summed E-state index contributed by atoms with van der Waals surface area (Å²) in [6.45, 7) is 11.7. The summed E-state index contributed by atoms with van der Waals surface area (Å²) in [6, 6.07) is 3.48. The fourth-order valence-corrected chi connectivity index (χ4v) is 3.06. The number of ether oxygens (including phenoxy) is 2. The number of aryl methyl sites for hydroxylation is 2. The van der Waals surface area contributed by atoms with Crippen molar-refractivity contribution in [1.82, 2.24) is 4.57 Å². The van der Waals surface area contributed by atoms with Crippen molar-refractivity contribution in [2.75, 3.05) is 13.2 Å². The van der Waals surface area contributed by atoms with E-state index in [1.165, 1.54) is 0 Å². The monoisotopic (exact) mass is 460 g/mol. The molecule has 1 heterocycles. The van der Waals surface area contributed by atoms with Crippen LogP contribution in [0, 0.1) is 6.92 Å². The summed E-state index contributed by atoms with van der Waals surface area (Å²) < 4.78 is 14.5. The van der Waals surface area contributed by atoms with Crippen molar-refractivity contribution in [1.29, 1.82) is 0 Å². The van der Waals surface area contributed by atoms with Crippen molar-refractivity contribution in [3.8, 4) is 0 Å². The minimum absolute atomic E-state index is 0. The highest BCUT2D eigenvalue weighted by atomic mass is 127. The number of esters is 2. The molecule has 0 amide bonds. The SMILES string of the molecule is CCOC(=O)c1cc2c(cc1C(=O)OCC)[n+](CC)c(C)n2CC.[I-]. The van der Waals surface area contributed by atoms with Gasteiger partial charge >= 0.3 is 11.9 Å². The summed E-state index contributed by atoms with van der Waals surface area (Å²) >= 11 is 0. The highest BCUT2D eigenvalue weighted by Crippen LogP contribution is 2.22. The summed E-state index contributed by atoms with van der Waals surface area (Å²) in [5.41, 5.74) is 2.32. The Morgan fingerprint density at radius 3 is 1.96 bits per heavy atom. The third-order valence-corrected chi connectivity index (χ3v) is 4.10. The molecule has 0 spiro atoms. The highest BCUT2D eigenvalue weighted by molar-refractivity contribution is 6.06. The van der Waals surface area contributed by atoms with Crippen molar-refractivity contribution in [2.24, 2.45) is 0 Å². The Balaban J connectivity index is 0.00000312. The molecular weight excluding hydrogens is 435 g/mol. The predicted octanol–water partition coefficient (Wildman–Crippen LogP) is -0.366. The van der Waals surface area contributed by atoms with Gasteiger partial charge in [0.1, 0.15) is 0 Å². The number of imidazole rings is 1. The summed E-state index contributed by atoms with van der Waals surface area (Å²) in [5, 5.41) is 0. The number of carbonyl (C=O) groups is 2. The van der Waals surface area contributed by atoms with E-state index in [2.05, 4.69) is 23.0 Å². The van der Waals surface area contributed by atoms with Crippen molar-refractivity contribution >= 4 is 23.0 Å². The number of aromatic nitrogens is 2. The number of carbonyl (C=O) groups excluding carboxylic acids is 2. The van der Waals surface area contributed by atoms with Gasteiger partial charge in [-0.1, -0.05) is 0 Å². The Hall–Kier alpha value is -1.64. The highest BCUT2D eigenvalue weighted by Gasteiger charge is 2.27. The number of benzene rings is 1. The van der Waals surface area contributed by atoms with Crippen LogP contribution in [0.15, 0.2) is 12.1 Å². The number of fused-ring (bicyclic) bond motifs is 1. The number of halogens is 1. The van der Waals surface area contributed by atoms with Gasteiger partial charge in [-0.15, -0.1) is 0 Å². The van der Waals surface area contributed by atoms with Gasteiger partial charge in [-0.25, -0.2) is 18.7 Å². The minimum atomic E-state index is -0.507. The number of nitrogens with zero attached hydrogens (tertiary/aromatic N) is 2. The van der Waals surface area contributed by atoms with E-state index in [0.717, 1.165) is 29.9 Å². The molecular formula is C18H25IN2O4. The maximum atomic E-state index is 12.3. The Bertz CT molecular complexity index is 720. The van der Waals surface area contributed by atoms with E-state index in [0.29, 0.717) is 0 Å². The first-order valence-electron chi connectivity index (χ1n) is 8.40. The number of hydrogen-bond acceptors (Lipinski definition) is 4. The van der Waals surface area contributed by atoms with Gasteiger partial charge in [-0.2, -0.15) is 0 Å². The van der Waals surface area contributed by atoms with Gasteiger partial charge in [0.25, 0.3) is 5.82 Å². The smallest absolute Gasteiger partial charge is 0.339 e. The van der Waals surface area contributed by atoms with Gasteiger partial charge in [-0.3, -0.25) is 0 Å². The lowest BCUT2D eigenvalue weighted by molar-refractivity contribution is -0.674. The molecule has 0 unspecified atom stereocenters. The third kappa shape index (κ3) is 3.96. The average Bonchev–Trinajstić information content (AvgIpc) is 2.83. The van der Waals surface area contributed by atoms with Crippen LogP contribution in [0.25, 0.3) is 11.0 Å². The molecule has 25 heavy (non-hydrogen) atoms. The third-order valence-electron chi connectivity index (χ3n) is 4.10. The Morgan fingerprint density at radius 1 is 1.00 bits per heavy atom. The molecule has 1 aromatic carbocycles. The molecule has 2 aromatic rings. The van der Waals surface area contributed by atoms with Crippen LogP contribution in [-0.4, -0.2) is 29.7 Å². The first kappa shape index (κ1) is 21.4. The maximum absolute atomic E-state index is 12.3. The molecule has 0 saturated carbocycles. The molecule has 0 fully saturated rings. The zero-order valence-electron chi connectivity index (χ0n) is 15.4. The topological polar surface area (TPSA) is 61.4 Å². The molecule has 7 heteroatoms. The van der Waals surface area contributed by atoms with Crippen LogP contribution in [0.4, 0.5) is 0 Å². The molecule has 0 radical (unpaired) electrons. The van der Waals surface area contributed by atoms with E-state index in [1.54, 1.807) is 26.0 Å². The zero-order valence-corrected chi connectivity index (χ0v) is 17.5. The van der Waals surface area contributed by atoms with Crippen molar-refractivity contribution in [3.05, 3.63) is 29.1 Å². The quantitative estimate of drug-likeness (QED) is 0.336. The zero-order chi connectivity index (χ0) is 17.9. The van der Waals surface area contributed by atoms with Crippen LogP contribution < -0.4 is 28.5 Å². The molecule has 2 rings (SSSR count). The van der Waals surface area contributed by atoms with E-state index in [4.69, 9.17) is 9.47 Å². The van der Waals surface area contributed by atoms with Gasteiger partial charge in [0.05, 0.1) is 37.4 Å². The van der Waals surface area contributed by atoms with Crippen LogP contribution in [0.2, 0.25) is 0 Å². The summed E-state index contributed by atoms with van der Waals surface area (Å²) in [6.07, 6.45) is 0. The lowest BCUT2D eigenvalue weighted by atomic mass is 10.1. The molecule has 138 valence electrons. The second-order valence-electron chi connectivity index (χ2n) is 5.36. The fourth-order valence-electron chi connectivity index (χ4n) is 3.06. The number of rotatable bonds is 6. The van der Waals surface area contributed by atoms with Crippen LogP contribution >= 0.6 is 0 Å². The van der Waals surface area contributed by atoms with Gasteiger partial charge < -0.3 is 33.5 Å². The first-order chi connectivity index (χ1) is 11.5. The predicted molar refractivity (Wildman–Crippen MR) is 90.1 cm³/mol. The number of hydrogen-bond donors (Lipinski definition) is 0. The molecule has 1 aromatic heterocycles. The molecule has 6 nitrogen and oxygen atoms in total. The van der Waals surface area contributed by atoms with Crippen LogP contribution in [-0.2, 0) is 22.6 Å². The second-order valence-corrected chi connectivity index (χ2v) is 5.36. The van der Waals surface area contributed by atoms with E-state index >= 15 is 0 Å². The van der Waals surface area contributed by atoms with E-state index < -0.39 is 11.9 Å². The average molecular weight is 460 g/mol. The van der Waals surface area contributed by atoms with Gasteiger partial charge in [-0.05, 0) is 27.7 Å². The molecule has 0 N–H and O–H groups in total. The summed E-state index contributed by atoms with van der Waals surface area (Å²) in [4.78, 5) is 24.7. The van der Waals surface area contributed by atoms with Crippen molar-refractivity contribution in [2.45, 2.75) is 47.7 Å². The lowest BCUT2D eigenvalue weighted by Crippen LogP contribution is -3.00. The summed E-state index contributed by atoms with van der Waals surface area (Å²) in [5.74, 6) is 0.0600. The van der Waals surface area contributed by atoms with Crippen molar-refractivity contribution in [3.63, 3.8) is 0 Å². The van der Waals surface area contributed by atoms with Crippen LogP contribution in [0.3, 0.4) is 0 Å².